The molecule has 0 amide bonds. The number of hydrogen-bond donors (Lipinski definition) is 2. The number of benzene rings is 1. The molecule has 118 valence electrons. The lowest BCUT2D eigenvalue weighted by Crippen LogP contribution is -2.41. The van der Waals surface area contributed by atoms with Crippen LogP contribution in [0, 0.1) is 5.92 Å². The first-order valence-electron chi connectivity index (χ1n) is 8.01. The predicted molar refractivity (Wildman–Crippen MR) is 91.8 cm³/mol. The molecule has 21 heavy (non-hydrogen) atoms. The molecule has 2 nitrogen and oxygen atoms in total. The van der Waals surface area contributed by atoms with Crippen LogP contribution in [0.4, 0.5) is 0 Å². The first-order valence-corrected chi connectivity index (χ1v) is 8.99. The lowest BCUT2D eigenvalue weighted by Gasteiger charge is -2.28. The van der Waals surface area contributed by atoms with Crippen molar-refractivity contribution in [2.24, 2.45) is 11.7 Å². The molecular formula is C18H29NOS. The van der Waals surface area contributed by atoms with Crippen LogP contribution < -0.4 is 5.73 Å². The van der Waals surface area contributed by atoms with Crippen molar-refractivity contribution in [2.45, 2.75) is 62.4 Å². The largest absolute Gasteiger partial charge is 0.388 e. The van der Waals surface area contributed by atoms with E-state index in [-0.39, 0.29) is 5.41 Å². The van der Waals surface area contributed by atoms with Gasteiger partial charge >= 0.3 is 0 Å². The molecule has 3 heteroatoms. The van der Waals surface area contributed by atoms with E-state index in [2.05, 4.69) is 45.0 Å². The molecule has 0 saturated heterocycles. The van der Waals surface area contributed by atoms with Gasteiger partial charge in [-0.3, -0.25) is 0 Å². The summed E-state index contributed by atoms with van der Waals surface area (Å²) in [7, 11) is 0. The molecule has 3 N–H and O–H groups in total. The third-order valence-corrected chi connectivity index (χ3v) is 5.78. The van der Waals surface area contributed by atoms with Crippen LogP contribution >= 0.6 is 11.8 Å². The van der Waals surface area contributed by atoms with Crippen LogP contribution in [0.15, 0.2) is 29.2 Å². The van der Waals surface area contributed by atoms with Crippen LogP contribution in [0.25, 0.3) is 0 Å². The van der Waals surface area contributed by atoms with E-state index in [1.807, 2.05) is 11.8 Å². The van der Waals surface area contributed by atoms with Crippen LogP contribution in [-0.2, 0) is 5.41 Å². The number of rotatable bonds is 5. The Hall–Kier alpha value is -0.510. The second kappa shape index (κ2) is 6.72. The number of thioether (sulfide) groups is 1. The van der Waals surface area contributed by atoms with E-state index in [0.717, 1.165) is 31.4 Å². The summed E-state index contributed by atoms with van der Waals surface area (Å²) in [6, 6.07) is 8.90. The molecular weight excluding hydrogens is 278 g/mol. The van der Waals surface area contributed by atoms with Gasteiger partial charge in [-0.05, 0) is 54.0 Å². The normalized spacial score (nSPS) is 26.2. The van der Waals surface area contributed by atoms with Gasteiger partial charge in [0.1, 0.15) is 0 Å². The van der Waals surface area contributed by atoms with Crippen molar-refractivity contribution in [1.29, 1.82) is 0 Å². The van der Waals surface area contributed by atoms with Gasteiger partial charge < -0.3 is 10.8 Å². The molecule has 0 bridgehead atoms. The summed E-state index contributed by atoms with van der Waals surface area (Å²) < 4.78 is 0. The lowest BCUT2D eigenvalue weighted by atomic mass is 9.87. The molecule has 0 aliphatic heterocycles. The average molecular weight is 308 g/mol. The molecule has 2 unspecified atom stereocenters. The van der Waals surface area contributed by atoms with Gasteiger partial charge in [0.25, 0.3) is 0 Å². The van der Waals surface area contributed by atoms with Crippen LogP contribution in [0.2, 0.25) is 0 Å². The third kappa shape index (κ3) is 4.24. The second-order valence-corrected chi connectivity index (χ2v) is 8.48. The van der Waals surface area contributed by atoms with Crippen LogP contribution in [0.5, 0.6) is 0 Å². The Morgan fingerprint density at radius 2 is 1.95 bits per heavy atom. The van der Waals surface area contributed by atoms with Gasteiger partial charge in [-0.15, -0.1) is 11.8 Å². The molecule has 1 saturated carbocycles. The summed E-state index contributed by atoms with van der Waals surface area (Å²) in [5.41, 5.74) is 6.73. The van der Waals surface area contributed by atoms with E-state index in [4.69, 9.17) is 5.73 Å². The van der Waals surface area contributed by atoms with E-state index in [1.165, 1.54) is 10.5 Å². The first-order chi connectivity index (χ1) is 9.85. The van der Waals surface area contributed by atoms with Crippen molar-refractivity contribution in [3.63, 3.8) is 0 Å². The summed E-state index contributed by atoms with van der Waals surface area (Å²) in [6.45, 7) is 7.12. The highest BCUT2D eigenvalue weighted by molar-refractivity contribution is 7.99. The Morgan fingerprint density at radius 1 is 1.29 bits per heavy atom. The van der Waals surface area contributed by atoms with Crippen molar-refractivity contribution in [2.75, 3.05) is 12.3 Å². The minimum atomic E-state index is -0.601. The zero-order valence-electron chi connectivity index (χ0n) is 13.6. The summed E-state index contributed by atoms with van der Waals surface area (Å²) >= 11 is 1.89. The fraction of sp³-hybridized carbons (Fsp3) is 0.667. The summed E-state index contributed by atoms with van der Waals surface area (Å²) in [4.78, 5) is 1.32. The van der Waals surface area contributed by atoms with Gasteiger partial charge in [0.15, 0.2) is 0 Å². The topological polar surface area (TPSA) is 46.2 Å². The van der Waals surface area contributed by atoms with Crippen molar-refractivity contribution in [3.8, 4) is 0 Å². The maximum Gasteiger partial charge on any atom is 0.0797 e. The Bertz CT molecular complexity index is 451. The van der Waals surface area contributed by atoms with Crippen molar-refractivity contribution >= 4 is 11.8 Å². The van der Waals surface area contributed by atoms with E-state index >= 15 is 0 Å². The molecule has 1 aromatic carbocycles. The van der Waals surface area contributed by atoms with Crippen molar-refractivity contribution in [1.82, 2.24) is 0 Å². The average Bonchev–Trinajstić information content (AvgIpc) is 2.81. The second-order valence-electron chi connectivity index (χ2n) is 7.31. The Labute approximate surface area is 133 Å². The fourth-order valence-electron chi connectivity index (χ4n) is 3.18. The van der Waals surface area contributed by atoms with Crippen molar-refractivity contribution in [3.05, 3.63) is 29.8 Å². The van der Waals surface area contributed by atoms with E-state index in [9.17, 15) is 5.11 Å². The highest BCUT2D eigenvalue weighted by atomic mass is 32.2. The predicted octanol–water partition coefficient (Wildman–Crippen LogP) is 3.96. The molecule has 1 aliphatic rings. The van der Waals surface area contributed by atoms with Gasteiger partial charge in [0.05, 0.1) is 5.60 Å². The monoisotopic (exact) mass is 307 g/mol. The Kier molecular flexibility index (Phi) is 5.39. The lowest BCUT2D eigenvalue weighted by molar-refractivity contribution is 0.0104. The molecule has 0 radical (unpaired) electrons. The van der Waals surface area contributed by atoms with Gasteiger partial charge in [0, 0.05) is 11.4 Å². The minimum Gasteiger partial charge on any atom is -0.388 e. The SMILES string of the molecule is CC(C)(C)c1ccc(SCCC2CCCC2(O)CN)cc1. The van der Waals surface area contributed by atoms with Gasteiger partial charge in [-0.25, -0.2) is 0 Å². The molecule has 1 aromatic rings. The van der Waals surface area contributed by atoms with Gasteiger partial charge in [-0.1, -0.05) is 39.3 Å². The minimum absolute atomic E-state index is 0.213. The maximum atomic E-state index is 10.4. The quantitative estimate of drug-likeness (QED) is 0.810. The summed E-state index contributed by atoms with van der Waals surface area (Å²) in [5.74, 6) is 1.44. The molecule has 1 fully saturated rings. The zero-order valence-corrected chi connectivity index (χ0v) is 14.4. The van der Waals surface area contributed by atoms with Gasteiger partial charge in [0.2, 0.25) is 0 Å². The highest BCUT2D eigenvalue weighted by Crippen LogP contribution is 2.38. The number of aliphatic hydroxyl groups is 1. The van der Waals surface area contributed by atoms with Crippen LogP contribution in [0.1, 0.15) is 52.0 Å². The van der Waals surface area contributed by atoms with Crippen LogP contribution in [-0.4, -0.2) is 23.0 Å². The number of nitrogens with two attached hydrogens (primary N) is 1. The van der Waals surface area contributed by atoms with Crippen molar-refractivity contribution < 1.29 is 5.11 Å². The standard InChI is InChI=1S/C18H29NOS/c1-17(2,3)14-6-8-16(9-7-14)21-12-10-15-5-4-11-18(15,20)13-19/h6-9,15,20H,4-5,10-13,19H2,1-3H3. The molecule has 0 spiro atoms. The Morgan fingerprint density at radius 3 is 2.52 bits per heavy atom. The van der Waals surface area contributed by atoms with E-state index in [0.29, 0.717) is 12.5 Å². The highest BCUT2D eigenvalue weighted by Gasteiger charge is 2.39. The fourth-order valence-corrected chi connectivity index (χ4v) is 4.15. The van der Waals surface area contributed by atoms with Crippen LogP contribution in [0.3, 0.4) is 0 Å². The summed E-state index contributed by atoms with van der Waals surface area (Å²) in [6.07, 6.45) is 4.17. The van der Waals surface area contributed by atoms with E-state index in [1.54, 1.807) is 0 Å². The van der Waals surface area contributed by atoms with Gasteiger partial charge in [-0.2, -0.15) is 0 Å². The molecule has 0 aromatic heterocycles. The number of hydrogen-bond acceptors (Lipinski definition) is 3. The maximum absolute atomic E-state index is 10.4. The Balaban J connectivity index is 1.84. The molecule has 0 heterocycles. The molecule has 2 atom stereocenters. The third-order valence-electron chi connectivity index (χ3n) is 4.73. The van der Waals surface area contributed by atoms with E-state index < -0.39 is 5.60 Å². The zero-order chi connectivity index (χ0) is 15.5. The smallest absolute Gasteiger partial charge is 0.0797 e. The summed E-state index contributed by atoms with van der Waals surface area (Å²) in [5, 5.41) is 10.4. The molecule has 1 aliphatic carbocycles. The molecule has 2 rings (SSSR count). The first kappa shape index (κ1) is 16.9.